The topological polar surface area (TPSA) is 59.6 Å². The number of nitrogens with two attached hydrogens (primary N) is 1. The molecule has 2 aromatic carbocycles. The molecule has 0 radical (unpaired) electrons. The van der Waals surface area contributed by atoms with E-state index in [0.29, 0.717) is 19.1 Å². The van der Waals surface area contributed by atoms with Gasteiger partial charge in [0.2, 0.25) is 0 Å². The molecule has 0 aliphatic carbocycles. The number of nitrogens with zero attached hydrogens (tertiary/aromatic N) is 1. The van der Waals surface area contributed by atoms with Crippen molar-refractivity contribution in [2.24, 2.45) is 10.7 Å². The monoisotopic (exact) mass is 493 g/mol. The number of rotatable bonds is 8. The lowest BCUT2D eigenvalue weighted by Gasteiger charge is -2.07. The highest BCUT2D eigenvalue weighted by atomic mass is 127. The maximum absolute atomic E-state index is 5.93. The minimum atomic E-state index is 0. The SMILES string of the molecule is I.NC(=NCc1ccc(COc2ccccc2)cc1)NCCc1cccs1. The van der Waals surface area contributed by atoms with Crippen LogP contribution in [0.4, 0.5) is 0 Å². The minimum absolute atomic E-state index is 0. The van der Waals surface area contributed by atoms with Crippen LogP contribution in [0.1, 0.15) is 16.0 Å². The van der Waals surface area contributed by atoms with Gasteiger partial charge in [0.25, 0.3) is 0 Å². The summed E-state index contributed by atoms with van der Waals surface area (Å²) in [7, 11) is 0. The number of ether oxygens (including phenoxy) is 1. The molecule has 0 saturated heterocycles. The maximum Gasteiger partial charge on any atom is 0.188 e. The van der Waals surface area contributed by atoms with Gasteiger partial charge in [-0.25, -0.2) is 4.99 Å². The fourth-order valence-corrected chi connectivity index (χ4v) is 3.13. The number of para-hydroxylation sites is 1. The standard InChI is InChI=1S/C21H23N3OS.HI/c22-21(23-13-12-20-7-4-14-26-20)24-15-17-8-10-18(11-9-17)16-25-19-5-2-1-3-6-19;/h1-11,14H,12-13,15-16H2,(H3,22,23,24);1H. The Bertz CT molecular complexity index is 805. The van der Waals surface area contributed by atoms with E-state index >= 15 is 0 Å². The van der Waals surface area contributed by atoms with Crippen LogP contribution in [-0.2, 0) is 19.6 Å². The van der Waals surface area contributed by atoms with Gasteiger partial charge in [0.1, 0.15) is 12.4 Å². The van der Waals surface area contributed by atoms with Gasteiger partial charge in [-0.05, 0) is 41.1 Å². The Morgan fingerprint density at radius 2 is 1.70 bits per heavy atom. The van der Waals surface area contributed by atoms with Crippen molar-refractivity contribution in [1.29, 1.82) is 0 Å². The number of halogens is 1. The summed E-state index contributed by atoms with van der Waals surface area (Å²) in [5.74, 6) is 1.36. The lowest BCUT2D eigenvalue weighted by molar-refractivity contribution is 0.306. The van der Waals surface area contributed by atoms with Crippen molar-refractivity contribution in [1.82, 2.24) is 5.32 Å². The summed E-state index contributed by atoms with van der Waals surface area (Å²) < 4.78 is 5.75. The van der Waals surface area contributed by atoms with Crippen LogP contribution in [0.3, 0.4) is 0 Å². The van der Waals surface area contributed by atoms with E-state index in [4.69, 9.17) is 10.5 Å². The number of hydrogen-bond acceptors (Lipinski definition) is 3. The second-order valence-corrected chi connectivity index (χ2v) is 6.91. The zero-order valence-corrected chi connectivity index (χ0v) is 18.2. The highest BCUT2D eigenvalue weighted by molar-refractivity contribution is 14.0. The average Bonchev–Trinajstić information content (AvgIpc) is 3.20. The van der Waals surface area contributed by atoms with Crippen LogP contribution >= 0.6 is 35.3 Å². The molecule has 0 atom stereocenters. The quantitative estimate of drug-likeness (QED) is 0.274. The third-order valence-corrected chi connectivity index (χ3v) is 4.80. The molecule has 4 nitrogen and oxygen atoms in total. The third-order valence-electron chi connectivity index (χ3n) is 3.86. The van der Waals surface area contributed by atoms with Gasteiger partial charge in [-0.3, -0.25) is 0 Å². The van der Waals surface area contributed by atoms with Crippen molar-refractivity contribution in [2.45, 2.75) is 19.6 Å². The summed E-state index contributed by atoms with van der Waals surface area (Å²) in [5, 5.41) is 5.24. The van der Waals surface area contributed by atoms with Crippen LogP contribution in [0.5, 0.6) is 5.75 Å². The zero-order valence-electron chi connectivity index (χ0n) is 15.0. The van der Waals surface area contributed by atoms with Crippen LogP contribution in [0.25, 0.3) is 0 Å². The molecule has 0 aliphatic rings. The van der Waals surface area contributed by atoms with Crippen molar-refractivity contribution in [3.8, 4) is 5.75 Å². The van der Waals surface area contributed by atoms with E-state index in [1.807, 2.05) is 30.3 Å². The molecule has 0 saturated carbocycles. The molecule has 3 rings (SSSR count). The molecule has 0 amide bonds. The number of thiophene rings is 1. The van der Waals surface area contributed by atoms with E-state index in [1.165, 1.54) is 4.88 Å². The maximum atomic E-state index is 5.93. The first kappa shape index (κ1) is 21.2. The fourth-order valence-electron chi connectivity index (χ4n) is 2.43. The second kappa shape index (κ2) is 11.6. The van der Waals surface area contributed by atoms with Gasteiger partial charge in [0.15, 0.2) is 5.96 Å². The normalized spacial score (nSPS) is 10.9. The lowest BCUT2D eigenvalue weighted by atomic mass is 10.1. The van der Waals surface area contributed by atoms with Crippen LogP contribution in [-0.4, -0.2) is 12.5 Å². The zero-order chi connectivity index (χ0) is 18.0. The van der Waals surface area contributed by atoms with Gasteiger partial charge in [-0.15, -0.1) is 35.3 Å². The summed E-state index contributed by atoms with van der Waals surface area (Å²) in [6.07, 6.45) is 0.962. The number of hydrogen-bond donors (Lipinski definition) is 2. The first-order valence-corrected chi connectivity index (χ1v) is 9.49. The third kappa shape index (κ3) is 7.60. The van der Waals surface area contributed by atoms with Crippen molar-refractivity contribution in [2.75, 3.05) is 6.54 Å². The molecule has 0 bridgehead atoms. The van der Waals surface area contributed by atoms with Gasteiger partial charge in [0, 0.05) is 11.4 Å². The first-order chi connectivity index (χ1) is 12.8. The van der Waals surface area contributed by atoms with Crippen LogP contribution in [0.15, 0.2) is 77.1 Å². The molecule has 0 unspecified atom stereocenters. The summed E-state index contributed by atoms with van der Waals surface area (Å²) >= 11 is 1.76. The van der Waals surface area contributed by atoms with Crippen LogP contribution in [0.2, 0.25) is 0 Å². The summed E-state index contributed by atoms with van der Waals surface area (Å²) in [6.45, 7) is 1.92. The number of benzene rings is 2. The minimum Gasteiger partial charge on any atom is -0.489 e. The highest BCUT2D eigenvalue weighted by Gasteiger charge is 1.98. The van der Waals surface area contributed by atoms with E-state index in [2.05, 4.69) is 52.1 Å². The Kier molecular flexibility index (Phi) is 9.13. The number of aliphatic imine (C=N–C) groups is 1. The molecule has 27 heavy (non-hydrogen) atoms. The average molecular weight is 493 g/mol. The van der Waals surface area contributed by atoms with E-state index in [9.17, 15) is 0 Å². The molecule has 3 N–H and O–H groups in total. The molecule has 6 heteroatoms. The van der Waals surface area contributed by atoms with Gasteiger partial charge >= 0.3 is 0 Å². The van der Waals surface area contributed by atoms with Crippen molar-refractivity contribution >= 4 is 41.3 Å². The molecule has 142 valence electrons. The second-order valence-electron chi connectivity index (χ2n) is 5.88. The lowest BCUT2D eigenvalue weighted by Crippen LogP contribution is -2.33. The summed E-state index contributed by atoms with van der Waals surface area (Å²) in [4.78, 5) is 5.74. The Labute approximate surface area is 181 Å². The molecule has 0 fully saturated rings. The molecular weight excluding hydrogens is 469 g/mol. The van der Waals surface area contributed by atoms with E-state index in [-0.39, 0.29) is 24.0 Å². The van der Waals surface area contributed by atoms with E-state index in [1.54, 1.807) is 11.3 Å². The number of guanidine groups is 1. The van der Waals surface area contributed by atoms with Crippen molar-refractivity contribution in [3.05, 3.63) is 88.1 Å². The van der Waals surface area contributed by atoms with Gasteiger partial charge in [-0.2, -0.15) is 0 Å². The molecule has 3 aromatic rings. The predicted octanol–water partition coefficient (Wildman–Crippen LogP) is 4.59. The van der Waals surface area contributed by atoms with E-state index in [0.717, 1.165) is 29.8 Å². The van der Waals surface area contributed by atoms with Crippen LogP contribution in [0, 0.1) is 0 Å². The Morgan fingerprint density at radius 3 is 2.41 bits per heavy atom. The van der Waals surface area contributed by atoms with Gasteiger partial charge in [-0.1, -0.05) is 48.5 Å². The number of nitrogens with one attached hydrogen (secondary N) is 1. The Balaban J connectivity index is 0.00000261. The molecule has 0 aliphatic heterocycles. The van der Waals surface area contributed by atoms with Gasteiger partial charge in [0.05, 0.1) is 6.54 Å². The van der Waals surface area contributed by atoms with Gasteiger partial charge < -0.3 is 15.8 Å². The van der Waals surface area contributed by atoms with Crippen molar-refractivity contribution < 1.29 is 4.74 Å². The first-order valence-electron chi connectivity index (χ1n) is 8.61. The molecular formula is C21H24IN3OS. The van der Waals surface area contributed by atoms with Crippen molar-refractivity contribution in [3.63, 3.8) is 0 Å². The smallest absolute Gasteiger partial charge is 0.188 e. The predicted molar refractivity (Wildman–Crippen MR) is 124 cm³/mol. The largest absolute Gasteiger partial charge is 0.489 e. The summed E-state index contributed by atoms with van der Waals surface area (Å²) in [5.41, 5.74) is 8.18. The Hall–Kier alpha value is -2.06. The summed E-state index contributed by atoms with van der Waals surface area (Å²) in [6, 6.07) is 22.3. The molecule has 1 aromatic heterocycles. The Morgan fingerprint density at radius 1 is 0.963 bits per heavy atom. The fraction of sp³-hybridized carbons (Fsp3) is 0.190. The van der Waals surface area contributed by atoms with E-state index < -0.39 is 0 Å². The van der Waals surface area contributed by atoms with Crippen LogP contribution < -0.4 is 15.8 Å². The molecule has 0 spiro atoms. The highest BCUT2D eigenvalue weighted by Crippen LogP contribution is 2.12. The molecule has 1 heterocycles.